The first-order valence-corrected chi connectivity index (χ1v) is 10.8. The Morgan fingerprint density at radius 3 is 2.21 bits per heavy atom. The van der Waals surface area contributed by atoms with E-state index in [1.54, 1.807) is 24.3 Å². The zero-order valence-corrected chi connectivity index (χ0v) is 19.1. The fraction of sp³-hybridized carbons (Fsp3) is 0.227. The number of benzene rings is 1. The second kappa shape index (κ2) is 11.1. The van der Waals surface area contributed by atoms with E-state index >= 15 is 0 Å². The number of aliphatic hydroxyl groups excluding tert-OH is 1. The number of nitrogens with one attached hydrogen (secondary N) is 3. The molecule has 0 aliphatic rings. The van der Waals surface area contributed by atoms with E-state index < -0.39 is 28.8 Å². The van der Waals surface area contributed by atoms with Crippen LogP contribution in [0.15, 0.2) is 46.2 Å². The van der Waals surface area contributed by atoms with Crippen molar-refractivity contribution in [2.24, 2.45) is 0 Å². The largest absolute Gasteiger partial charge is 0.480 e. The van der Waals surface area contributed by atoms with Crippen molar-refractivity contribution in [1.82, 2.24) is 4.98 Å². The van der Waals surface area contributed by atoms with Crippen LogP contribution in [0.25, 0.3) is 0 Å². The van der Waals surface area contributed by atoms with Gasteiger partial charge in [-0.05, 0) is 24.1 Å². The van der Waals surface area contributed by atoms with Gasteiger partial charge in [0.2, 0.25) is 0 Å². The van der Waals surface area contributed by atoms with Crippen molar-refractivity contribution in [3.63, 3.8) is 0 Å². The Hall–Kier alpha value is -3.47. The molecule has 1 atom stereocenters. The molecule has 34 heavy (non-hydrogen) atoms. The van der Waals surface area contributed by atoms with Crippen molar-refractivity contribution >= 4 is 52.1 Å². The molecule has 1 heterocycles. The maximum absolute atomic E-state index is 12.5. The highest BCUT2D eigenvalue weighted by Crippen LogP contribution is 2.24. The van der Waals surface area contributed by atoms with E-state index in [-0.39, 0.29) is 46.6 Å². The minimum Gasteiger partial charge on any atom is -0.480 e. The summed E-state index contributed by atoms with van der Waals surface area (Å²) in [7, 11) is 0. The summed E-state index contributed by atoms with van der Waals surface area (Å²) in [6.45, 7) is 0.166. The zero-order chi connectivity index (χ0) is 24.8. The average Bonchev–Trinajstić information content (AvgIpc) is 2.80. The van der Waals surface area contributed by atoms with E-state index in [4.69, 9.17) is 28.3 Å². The fourth-order valence-electron chi connectivity index (χ4n) is 3.15. The molecule has 0 bridgehead atoms. The molecule has 0 fully saturated rings. The minimum atomic E-state index is -1.21. The summed E-state index contributed by atoms with van der Waals surface area (Å²) in [4.78, 5) is 51.7. The SMILES string of the molecule is O=C(Nc1ccc(C[C@H](Nc2c(NCCCO)c(=O)c2=O)C(=O)O)cc1)c1c(Cl)cncc1Cl. The summed E-state index contributed by atoms with van der Waals surface area (Å²) in [5, 5.41) is 26.6. The Bertz CT molecular complexity index is 1250. The number of hydrogen-bond acceptors (Lipinski definition) is 8. The molecule has 0 saturated heterocycles. The molecule has 10 nitrogen and oxygen atoms in total. The molecule has 12 heteroatoms. The number of rotatable bonds is 11. The molecule has 0 saturated carbocycles. The number of pyridine rings is 1. The average molecular weight is 507 g/mol. The molecular weight excluding hydrogens is 487 g/mol. The molecule has 0 unspecified atom stereocenters. The summed E-state index contributed by atoms with van der Waals surface area (Å²) < 4.78 is 0. The minimum absolute atomic E-state index is 0.000458. The predicted octanol–water partition coefficient (Wildman–Crippen LogP) is 2.14. The molecule has 0 aliphatic carbocycles. The number of carboxylic acids is 1. The molecule has 3 aromatic rings. The van der Waals surface area contributed by atoms with Crippen LogP contribution >= 0.6 is 23.2 Å². The third-order valence-corrected chi connectivity index (χ3v) is 5.47. The van der Waals surface area contributed by atoms with E-state index in [1.807, 2.05) is 0 Å². The van der Waals surface area contributed by atoms with Gasteiger partial charge in [0.1, 0.15) is 17.4 Å². The highest BCUT2D eigenvalue weighted by Gasteiger charge is 2.26. The van der Waals surface area contributed by atoms with Crippen molar-refractivity contribution in [2.75, 3.05) is 29.1 Å². The van der Waals surface area contributed by atoms with Gasteiger partial charge in [0.05, 0.1) is 15.6 Å². The second-order valence-corrected chi connectivity index (χ2v) is 8.10. The van der Waals surface area contributed by atoms with Gasteiger partial charge in [-0.15, -0.1) is 0 Å². The van der Waals surface area contributed by atoms with Gasteiger partial charge in [0.15, 0.2) is 0 Å². The van der Waals surface area contributed by atoms with Crippen LogP contribution in [0.4, 0.5) is 17.1 Å². The van der Waals surface area contributed by atoms with Crippen LogP contribution in [0.2, 0.25) is 10.0 Å². The van der Waals surface area contributed by atoms with Crippen LogP contribution in [0.1, 0.15) is 22.3 Å². The van der Waals surface area contributed by atoms with Gasteiger partial charge in [-0.2, -0.15) is 0 Å². The van der Waals surface area contributed by atoms with E-state index in [0.717, 1.165) is 0 Å². The number of aromatic nitrogens is 1. The summed E-state index contributed by atoms with van der Waals surface area (Å²) in [6, 6.07) is 5.20. The zero-order valence-electron chi connectivity index (χ0n) is 17.6. The highest BCUT2D eigenvalue weighted by atomic mass is 35.5. The Morgan fingerprint density at radius 1 is 1.00 bits per heavy atom. The van der Waals surface area contributed by atoms with Crippen molar-refractivity contribution in [2.45, 2.75) is 18.9 Å². The standard InChI is InChI=1S/C22H20Cl2N4O6/c23-13-9-25-10-14(24)16(13)21(32)27-12-4-2-11(3-5-12)8-15(22(33)34)28-18-17(19(30)20(18)31)26-6-1-7-29/h2-5,9-10,15,26,28-29H,1,6-8H2,(H,27,32)(H,33,34)/t15-/m0/s1. The molecule has 5 N–H and O–H groups in total. The number of halogens is 2. The molecule has 0 aliphatic heterocycles. The lowest BCUT2D eigenvalue weighted by Gasteiger charge is -2.20. The molecule has 1 aromatic heterocycles. The number of amides is 1. The maximum atomic E-state index is 12.5. The van der Waals surface area contributed by atoms with E-state index in [2.05, 4.69) is 20.9 Å². The van der Waals surface area contributed by atoms with Crippen LogP contribution in [0.5, 0.6) is 0 Å². The predicted molar refractivity (Wildman–Crippen MR) is 129 cm³/mol. The second-order valence-electron chi connectivity index (χ2n) is 7.28. The van der Waals surface area contributed by atoms with E-state index in [0.29, 0.717) is 17.7 Å². The monoisotopic (exact) mass is 506 g/mol. The van der Waals surface area contributed by atoms with Crippen LogP contribution in [-0.4, -0.2) is 46.3 Å². The van der Waals surface area contributed by atoms with Crippen molar-refractivity contribution in [3.05, 3.63) is 78.3 Å². The van der Waals surface area contributed by atoms with Gasteiger partial charge >= 0.3 is 5.97 Å². The molecule has 2 aromatic carbocycles. The van der Waals surface area contributed by atoms with E-state index in [1.165, 1.54) is 12.4 Å². The number of hydrogen-bond donors (Lipinski definition) is 5. The first-order chi connectivity index (χ1) is 16.2. The molecule has 0 spiro atoms. The Labute approximate surface area is 203 Å². The number of nitrogens with zero attached hydrogens (tertiary/aromatic N) is 1. The summed E-state index contributed by atoms with van der Waals surface area (Å²) in [6.07, 6.45) is 2.96. The van der Waals surface area contributed by atoms with Gasteiger partial charge < -0.3 is 26.2 Å². The van der Waals surface area contributed by atoms with Gasteiger partial charge in [-0.1, -0.05) is 35.3 Å². The fourth-order valence-corrected chi connectivity index (χ4v) is 3.68. The molecule has 178 valence electrons. The van der Waals surface area contributed by atoms with Gasteiger partial charge in [0, 0.05) is 37.7 Å². The lowest BCUT2D eigenvalue weighted by molar-refractivity contribution is -0.137. The van der Waals surface area contributed by atoms with E-state index in [9.17, 15) is 24.3 Å². The first-order valence-electron chi connectivity index (χ1n) is 10.1. The number of aliphatic carboxylic acids is 1. The molecular formula is C22H20Cl2N4O6. The number of aliphatic hydroxyl groups is 1. The van der Waals surface area contributed by atoms with Crippen LogP contribution in [0.3, 0.4) is 0 Å². The maximum Gasteiger partial charge on any atom is 0.326 e. The summed E-state index contributed by atoms with van der Waals surface area (Å²) >= 11 is 12.0. The number of carbonyl (C=O) groups excluding carboxylic acids is 1. The van der Waals surface area contributed by atoms with Gasteiger partial charge in [-0.25, -0.2) is 4.79 Å². The quantitative estimate of drug-likeness (QED) is 0.194. The summed E-state index contributed by atoms with van der Waals surface area (Å²) in [5.41, 5.74) is -0.513. The third-order valence-electron chi connectivity index (χ3n) is 4.90. The number of carboxylic acid groups (broad SMARTS) is 1. The highest BCUT2D eigenvalue weighted by molar-refractivity contribution is 6.40. The summed E-state index contributed by atoms with van der Waals surface area (Å²) in [5.74, 6) is -1.75. The Balaban J connectivity index is 1.68. The third kappa shape index (κ3) is 5.71. The smallest absolute Gasteiger partial charge is 0.326 e. The van der Waals surface area contributed by atoms with Crippen molar-refractivity contribution in [3.8, 4) is 0 Å². The topological polar surface area (TPSA) is 158 Å². The lowest BCUT2D eigenvalue weighted by atomic mass is 10.0. The first kappa shape index (κ1) is 25.2. The van der Waals surface area contributed by atoms with Gasteiger partial charge in [-0.3, -0.25) is 19.4 Å². The Morgan fingerprint density at radius 2 is 1.62 bits per heavy atom. The lowest BCUT2D eigenvalue weighted by Crippen LogP contribution is -2.42. The van der Waals surface area contributed by atoms with Crippen LogP contribution < -0.4 is 26.8 Å². The molecule has 0 radical (unpaired) electrons. The Kier molecular flexibility index (Phi) is 8.21. The number of anilines is 3. The molecule has 1 amide bonds. The van der Waals surface area contributed by atoms with Gasteiger partial charge in [0.25, 0.3) is 16.8 Å². The van der Waals surface area contributed by atoms with Crippen LogP contribution in [-0.2, 0) is 11.2 Å². The normalized spacial score (nSPS) is 11.7. The number of carbonyl (C=O) groups is 2. The van der Waals surface area contributed by atoms with Crippen LogP contribution in [0, 0.1) is 0 Å². The van der Waals surface area contributed by atoms with Crippen molar-refractivity contribution < 1.29 is 19.8 Å². The van der Waals surface area contributed by atoms with Crippen molar-refractivity contribution in [1.29, 1.82) is 0 Å². The molecule has 3 rings (SSSR count).